The lowest BCUT2D eigenvalue weighted by Gasteiger charge is -2.30. The average molecular weight is 383 g/mol. The molecule has 0 aliphatic carbocycles. The molecule has 150 valence electrons. The number of nitrogens with one attached hydrogen (secondary N) is 1. The maximum atomic E-state index is 13.1. The first-order chi connectivity index (χ1) is 13.4. The van der Waals surface area contributed by atoms with Crippen molar-refractivity contribution in [3.05, 3.63) is 52.4 Å². The van der Waals surface area contributed by atoms with Gasteiger partial charge in [0.15, 0.2) is 0 Å². The minimum absolute atomic E-state index is 0.198. The van der Waals surface area contributed by atoms with Gasteiger partial charge in [-0.15, -0.1) is 0 Å². The maximum Gasteiger partial charge on any atom is 0.337 e. The summed E-state index contributed by atoms with van der Waals surface area (Å²) in [7, 11) is 1.92. The predicted molar refractivity (Wildman–Crippen MR) is 110 cm³/mol. The lowest BCUT2D eigenvalue weighted by atomic mass is 9.80. The Labute approximate surface area is 166 Å². The Balaban J connectivity index is 2.26. The van der Waals surface area contributed by atoms with Crippen LogP contribution in [0.3, 0.4) is 0 Å². The summed E-state index contributed by atoms with van der Waals surface area (Å²) in [5.74, 6) is 1.07. The van der Waals surface area contributed by atoms with Gasteiger partial charge in [0.05, 0.1) is 29.9 Å². The number of hydrogen-bond donors (Lipinski definition) is 1. The minimum atomic E-state index is -0.312. The van der Waals surface area contributed by atoms with Crippen LogP contribution in [-0.4, -0.2) is 28.5 Å². The second-order valence-electron chi connectivity index (χ2n) is 7.21. The molecule has 2 aromatic rings. The highest BCUT2D eigenvalue weighted by molar-refractivity contribution is 5.95. The number of benzene rings is 1. The number of carbonyl (C=O) groups excluding carboxylic acids is 1. The number of aryl methyl sites for hydroxylation is 2. The lowest BCUT2D eigenvalue weighted by molar-refractivity contribution is -0.143. The Morgan fingerprint density at radius 2 is 2.00 bits per heavy atom. The van der Waals surface area contributed by atoms with Gasteiger partial charge in [0, 0.05) is 23.9 Å². The molecule has 0 bridgehead atoms. The highest BCUT2D eigenvalue weighted by atomic mass is 16.5. The maximum absolute atomic E-state index is 13.1. The molecule has 0 amide bonds. The summed E-state index contributed by atoms with van der Waals surface area (Å²) in [5, 5.41) is 8.06. The fraction of sp³-hybridized carbons (Fsp3) is 0.455. The lowest BCUT2D eigenvalue weighted by Crippen LogP contribution is -2.27. The molecule has 6 nitrogen and oxygen atoms in total. The number of esters is 1. The van der Waals surface area contributed by atoms with Crippen LogP contribution in [0, 0.1) is 0 Å². The van der Waals surface area contributed by atoms with Crippen LogP contribution in [-0.2, 0) is 23.0 Å². The first-order valence-corrected chi connectivity index (χ1v) is 9.85. The number of hydrogen-bond acceptors (Lipinski definition) is 5. The molecule has 1 aromatic heterocycles. The van der Waals surface area contributed by atoms with Crippen LogP contribution in [0.1, 0.15) is 57.4 Å². The van der Waals surface area contributed by atoms with Gasteiger partial charge in [0.2, 0.25) is 0 Å². The third-order valence-corrected chi connectivity index (χ3v) is 4.87. The molecule has 1 N–H and O–H groups in total. The summed E-state index contributed by atoms with van der Waals surface area (Å²) >= 11 is 0. The molecule has 1 aliphatic rings. The molecule has 0 fully saturated rings. The normalized spacial score (nSPS) is 16.0. The van der Waals surface area contributed by atoms with Crippen LogP contribution < -0.4 is 10.1 Å². The van der Waals surface area contributed by atoms with Gasteiger partial charge in [0.25, 0.3) is 0 Å². The summed E-state index contributed by atoms with van der Waals surface area (Å²) in [6.07, 6.45) is 0.570. The van der Waals surface area contributed by atoms with Crippen molar-refractivity contribution in [3.8, 4) is 5.75 Å². The number of ether oxygens (including phenoxy) is 2. The van der Waals surface area contributed by atoms with Gasteiger partial charge < -0.3 is 14.8 Å². The molecule has 1 atom stereocenters. The summed E-state index contributed by atoms with van der Waals surface area (Å²) in [5.41, 5.74) is 4.31. The quantitative estimate of drug-likeness (QED) is 0.759. The van der Waals surface area contributed by atoms with Gasteiger partial charge in [-0.3, -0.25) is 4.68 Å². The highest BCUT2D eigenvalue weighted by Gasteiger charge is 2.38. The Bertz CT molecular complexity index is 912. The van der Waals surface area contributed by atoms with E-state index in [1.165, 1.54) is 0 Å². The molecule has 1 unspecified atom stereocenters. The van der Waals surface area contributed by atoms with E-state index in [0.29, 0.717) is 12.2 Å². The van der Waals surface area contributed by atoms with Gasteiger partial charge in [0.1, 0.15) is 11.6 Å². The van der Waals surface area contributed by atoms with Crippen molar-refractivity contribution in [1.82, 2.24) is 9.78 Å². The molecule has 2 heterocycles. The van der Waals surface area contributed by atoms with Crippen molar-refractivity contribution in [3.63, 3.8) is 0 Å². The largest absolute Gasteiger partial charge is 0.494 e. The fourth-order valence-electron chi connectivity index (χ4n) is 3.78. The van der Waals surface area contributed by atoms with Crippen LogP contribution in [0.15, 0.2) is 35.5 Å². The van der Waals surface area contributed by atoms with Crippen molar-refractivity contribution in [2.75, 3.05) is 11.9 Å². The van der Waals surface area contributed by atoms with Gasteiger partial charge in [-0.25, -0.2) is 4.79 Å². The van der Waals surface area contributed by atoms with E-state index >= 15 is 0 Å². The van der Waals surface area contributed by atoms with Crippen LogP contribution >= 0.6 is 0 Å². The number of allylic oxidation sites excluding steroid dienone is 1. The number of aromatic nitrogens is 2. The standard InChI is InChI=1S/C22H29N3O3/c1-7-16-20-19(15-11-9-10-12-17(15)27-8-2)18(22(26)28-13(3)4)14(5)23-21(20)25(6)24-16/h9-13,19,23H,7-8H2,1-6H3. The second kappa shape index (κ2) is 8.09. The van der Waals surface area contributed by atoms with Crippen LogP contribution in [0.4, 0.5) is 5.82 Å². The van der Waals surface area contributed by atoms with E-state index in [2.05, 4.69) is 17.3 Å². The molecule has 0 saturated heterocycles. The first-order valence-electron chi connectivity index (χ1n) is 9.85. The van der Waals surface area contributed by atoms with Gasteiger partial charge in [-0.05, 0) is 40.2 Å². The molecule has 3 rings (SSSR count). The van der Waals surface area contributed by atoms with Crippen LogP contribution in [0.5, 0.6) is 5.75 Å². The van der Waals surface area contributed by atoms with E-state index in [9.17, 15) is 4.79 Å². The molecular weight excluding hydrogens is 354 g/mol. The summed E-state index contributed by atoms with van der Waals surface area (Å²) in [6, 6.07) is 7.89. The zero-order valence-electron chi connectivity index (χ0n) is 17.5. The van der Waals surface area contributed by atoms with E-state index in [4.69, 9.17) is 9.47 Å². The summed E-state index contributed by atoms with van der Waals surface area (Å²) in [6.45, 7) is 10.2. The van der Waals surface area contributed by atoms with Crippen molar-refractivity contribution < 1.29 is 14.3 Å². The third kappa shape index (κ3) is 3.51. The molecule has 28 heavy (non-hydrogen) atoms. The van der Waals surface area contributed by atoms with E-state index in [0.717, 1.165) is 40.5 Å². The second-order valence-corrected chi connectivity index (χ2v) is 7.21. The van der Waals surface area contributed by atoms with Gasteiger partial charge in [-0.1, -0.05) is 25.1 Å². The zero-order valence-corrected chi connectivity index (χ0v) is 17.5. The van der Waals surface area contributed by atoms with E-state index in [-0.39, 0.29) is 18.0 Å². The van der Waals surface area contributed by atoms with Crippen molar-refractivity contribution in [2.45, 2.75) is 53.1 Å². The van der Waals surface area contributed by atoms with Crippen molar-refractivity contribution in [1.29, 1.82) is 0 Å². The molecule has 0 saturated carbocycles. The van der Waals surface area contributed by atoms with E-state index in [1.54, 1.807) is 0 Å². The Kier molecular flexibility index (Phi) is 5.77. The number of para-hydroxylation sites is 1. The van der Waals surface area contributed by atoms with Crippen LogP contribution in [0.2, 0.25) is 0 Å². The number of anilines is 1. The number of nitrogens with zero attached hydrogens (tertiary/aromatic N) is 2. The molecule has 6 heteroatoms. The monoisotopic (exact) mass is 383 g/mol. The van der Waals surface area contributed by atoms with E-state index < -0.39 is 0 Å². The minimum Gasteiger partial charge on any atom is -0.494 e. The SMILES string of the molecule is CCOc1ccccc1C1C(C(=O)OC(C)C)=C(C)Nc2c1c(CC)nn2C. The number of fused-ring (bicyclic) bond motifs is 1. The molecule has 0 radical (unpaired) electrons. The topological polar surface area (TPSA) is 65.4 Å². The van der Waals surface area contributed by atoms with Gasteiger partial charge in [-0.2, -0.15) is 5.10 Å². The van der Waals surface area contributed by atoms with E-state index in [1.807, 2.05) is 63.7 Å². The Hall–Kier alpha value is -2.76. The smallest absolute Gasteiger partial charge is 0.337 e. The Morgan fingerprint density at radius 3 is 2.64 bits per heavy atom. The van der Waals surface area contributed by atoms with Gasteiger partial charge >= 0.3 is 5.97 Å². The number of rotatable bonds is 6. The molecule has 0 spiro atoms. The Morgan fingerprint density at radius 1 is 1.29 bits per heavy atom. The average Bonchev–Trinajstić information content (AvgIpc) is 2.96. The number of carbonyl (C=O) groups is 1. The van der Waals surface area contributed by atoms with Crippen molar-refractivity contribution >= 4 is 11.8 Å². The van der Waals surface area contributed by atoms with Crippen LogP contribution in [0.25, 0.3) is 0 Å². The molecule has 1 aliphatic heterocycles. The fourth-order valence-corrected chi connectivity index (χ4v) is 3.78. The molecule has 1 aromatic carbocycles. The zero-order chi connectivity index (χ0) is 20.4. The highest BCUT2D eigenvalue weighted by Crippen LogP contribution is 2.46. The van der Waals surface area contributed by atoms with Crippen molar-refractivity contribution in [2.24, 2.45) is 7.05 Å². The summed E-state index contributed by atoms with van der Waals surface area (Å²) in [4.78, 5) is 13.1. The molecular formula is C22H29N3O3. The first kappa shape index (κ1) is 20.0. The predicted octanol–water partition coefficient (Wildman–Crippen LogP) is 4.16. The third-order valence-electron chi connectivity index (χ3n) is 4.87. The summed E-state index contributed by atoms with van der Waals surface area (Å²) < 4.78 is 13.4.